The van der Waals surface area contributed by atoms with E-state index in [0.29, 0.717) is 18.7 Å². The van der Waals surface area contributed by atoms with Gasteiger partial charge in [-0.15, -0.1) is 0 Å². The Morgan fingerprint density at radius 3 is 2.92 bits per heavy atom. The molecule has 134 valence electrons. The van der Waals surface area contributed by atoms with Gasteiger partial charge in [0.2, 0.25) is 0 Å². The lowest BCUT2D eigenvalue weighted by molar-refractivity contribution is 0.0859. The lowest BCUT2D eigenvalue weighted by Gasteiger charge is -2.12. The van der Waals surface area contributed by atoms with Crippen LogP contribution in [0.25, 0.3) is 22.3 Å². The summed E-state index contributed by atoms with van der Waals surface area (Å²) in [5.74, 6) is -0.110. The molecule has 6 heteroatoms. The molecule has 0 bridgehead atoms. The summed E-state index contributed by atoms with van der Waals surface area (Å²) in [5.41, 5.74) is 3.09. The largest absolute Gasteiger partial charge is 0.376 e. The molecule has 4 rings (SSSR count). The van der Waals surface area contributed by atoms with E-state index in [2.05, 4.69) is 10.4 Å². The van der Waals surface area contributed by atoms with Crippen LogP contribution in [0.4, 0.5) is 0 Å². The van der Waals surface area contributed by atoms with Crippen LogP contribution in [0.3, 0.4) is 0 Å². The molecule has 1 atom stereocenters. The summed E-state index contributed by atoms with van der Waals surface area (Å²) in [7, 11) is 0. The second-order valence-electron chi connectivity index (χ2n) is 6.46. The molecular formula is C20H22N4O2. The number of carbonyl (C=O) groups excluding carboxylic acids is 1. The number of carbonyl (C=O) groups is 1. The molecule has 1 aromatic carbocycles. The predicted molar refractivity (Wildman–Crippen MR) is 99.9 cm³/mol. The van der Waals surface area contributed by atoms with E-state index >= 15 is 0 Å². The second kappa shape index (κ2) is 7.25. The molecule has 1 N–H and O–H groups in total. The average Bonchev–Trinajstić information content (AvgIpc) is 3.35. The van der Waals surface area contributed by atoms with Gasteiger partial charge in [0.15, 0.2) is 5.65 Å². The van der Waals surface area contributed by atoms with Crippen LogP contribution in [0.2, 0.25) is 0 Å². The number of nitrogens with one attached hydrogen (secondary N) is 1. The van der Waals surface area contributed by atoms with Gasteiger partial charge in [0.1, 0.15) is 0 Å². The van der Waals surface area contributed by atoms with Crippen molar-refractivity contribution >= 4 is 16.9 Å². The van der Waals surface area contributed by atoms with Crippen molar-refractivity contribution in [2.24, 2.45) is 0 Å². The van der Waals surface area contributed by atoms with Gasteiger partial charge in [0.05, 0.1) is 28.9 Å². The van der Waals surface area contributed by atoms with Gasteiger partial charge in [0, 0.05) is 25.3 Å². The number of hydrogen-bond acceptors (Lipinski definition) is 4. The quantitative estimate of drug-likeness (QED) is 0.768. The van der Waals surface area contributed by atoms with Crippen molar-refractivity contribution in [3.63, 3.8) is 0 Å². The number of amides is 1. The highest BCUT2D eigenvalue weighted by Gasteiger charge is 2.20. The monoisotopic (exact) mass is 350 g/mol. The molecule has 1 fully saturated rings. The third kappa shape index (κ3) is 3.20. The second-order valence-corrected chi connectivity index (χ2v) is 6.46. The number of aryl methyl sites for hydroxylation is 1. The topological polar surface area (TPSA) is 69.0 Å². The minimum atomic E-state index is -0.110. The Kier molecular flexibility index (Phi) is 4.67. The lowest BCUT2D eigenvalue weighted by Crippen LogP contribution is -2.31. The highest BCUT2D eigenvalue weighted by Crippen LogP contribution is 2.25. The first-order valence-corrected chi connectivity index (χ1v) is 9.08. The SMILES string of the molecule is CCn1ncc2c(C(=O)NC[C@@H]3CCCO3)cc(-c3ccccc3)nc21. The van der Waals surface area contributed by atoms with Crippen LogP contribution < -0.4 is 5.32 Å². The van der Waals surface area contributed by atoms with Crippen molar-refractivity contribution in [2.45, 2.75) is 32.4 Å². The first kappa shape index (κ1) is 16.7. The third-order valence-electron chi connectivity index (χ3n) is 4.74. The third-order valence-corrected chi connectivity index (χ3v) is 4.74. The molecule has 1 aliphatic rings. The highest BCUT2D eigenvalue weighted by molar-refractivity contribution is 6.06. The van der Waals surface area contributed by atoms with Gasteiger partial charge in [-0.1, -0.05) is 30.3 Å². The van der Waals surface area contributed by atoms with E-state index in [9.17, 15) is 4.79 Å². The molecule has 3 heterocycles. The van der Waals surface area contributed by atoms with E-state index in [0.717, 1.165) is 41.7 Å². The zero-order chi connectivity index (χ0) is 17.9. The van der Waals surface area contributed by atoms with Gasteiger partial charge in [-0.3, -0.25) is 4.79 Å². The molecule has 26 heavy (non-hydrogen) atoms. The van der Waals surface area contributed by atoms with Gasteiger partial charge in [-0.25, -0.2) is 9.67 Å². The van der Waals surface area contributed by atoms with Crippen molar-refractivity contribution in [3.05, 3.63) is 48.2 Å². The number of aromatic nitrogens is 3. The minimum Gasteiger partial charge on any atom is -0.376 e. The summed E-state index contributed by atoms with van der Waals surface area (Å²) in [6.07, 6.45) is 3.89. The summed E-state index contributed by atoms with van der Waals surface area (Å²) in [4.78, 5) is 17.6. The molecule has 3 aromatic rings. The maximum atomic E-state index is 12.9. The van der Waals surface area contributed by atoms with Crippen LogP contribution >= 0.6 is 0 Å². The zero-order valence-corrected chi connectivity index (χ0v) is 14.8. The molecule has 1 saturated heterocycles. The van der Waals surface area contributed by atoms with Crippen molar-refractivity contribution < 1.29 is 9.53 Å². The maximum Gasteiger partial charge on any atom is 0.252 e. The smallest absolute Gasteiger partial charge is 0.252 e. The predicted octanol–water partition coefficient (Wildman–Crippen LogP) is 3.03. The normalized spacial score (nSPS) is 16.9. The molecule has 0 unspecified atom stereocenters. The van der Waals surface area contributed by atoms with Gasteiger partial charge in [0.25, 0.3) is 5.91 Å². The van der Waals surface area contributed by atoms with Gasteiger partial charge in [-0.05, 0) is 25.8 Å². The molecule has 1 aliphatic heterocycles. The average molecular weight is 350 g/mol. The first-order valence-electron chi connectivity index (χ1n) is 9.08. The van der Waals surface area contributed by atoms with Crippen molar-refractivity contribution in [1.82, 2.24) is 20.1 Å². The molecule has 1 amide bonds. The zero-order valence-electron chi connectivity index (χ0n) is 14.8. The van der Waals surface area contributed by atoms with E-state index in [-0.39, 0.29) is 12.0 Å². The van der Waals surface area contributed by atoms with E-state index in [4.69, 9.17) is 9.72 Å². The molecule has 0 spiro atoms. The van der Waals surface area contributed by atoms with Crippen LogP contribution in [0, 0.1) is 0 Å². The van der Waals surface area contributed by atoms with Crippen LogP contribution in [-0.4, -0.2) is 39.9 Å². The Labute approximate surface area is 152 Å². The number of hydrogen-bond donors (Lipinski definition) is 1. The minimum absolute atomic E-state index is 0.110. The van der Waals surface area contributed by atoms with E-state index in [1.807, 2.05) is 48.0 Å². The Morgan fingerprint density at radius 1 is 1.35 bits per heavy atom. The van der Waals surface area contributed by atoms with Gasteiger partial charge < -0.3 is 10.1 Å². The summed E-state index contributed by atoms with van der Waals surface area (Å²) in [6, 6.07) is 11.7. The molecule has 0 saturated carbocycles. The van der Waals surface area contributed by atoms with E-state index < -0.39 is 0 Å². The Bertz CT molecular complexity index is 914. The maximum absolute atomic E-state index is 12.9. The fourth-order valence-electron chi connectivity index (χ4n) is 3.33. The Balaban J connectivity index is 1.72. The van der Waals surface area contributed by atoms with Gasteiger partial charge in [-0.2, -0.15) is 5.10 Å². The number of pyridine rings is 1. The van der Waals surface area contributed by atoms with Crippen LogP contribution in [0.1, 0.15) is 30.1 Å². The van der Waals surface area contributed by atoms with Crippen LogP contribution in [0.15, 0.2) is 42.6 Å². The van der Waals surface area contributed by atoms with Crippen LogP contribution in [-0.2, 0) is 11.3 Å². The standard InChI is InChI=1S/C20H22N4O2/c1-2-24-19-17(13-22-24)16(20(25)21-12-15-9-6-10-26-15)11-18(23-19)14-7-4-3-5-8-14/h3-5,7-8,11,13,15H,2,6,9-10,12H2,1H3,(H,21,25)/t15-/m0/s1. The molecule has 6 nitrogen and oxygen atoms in total. The Hall–Kier alpha value is -2.73. The molecule has 0 aliphatic carbocycles. The number of nitrogens with zero attached hydrogens (tertiary/aromatic N) is 3. The van der Waals surface area contributed by atoms with Crippen molar-refractivity contribution in [3.8, 4) is 11.3 Å². The number of rotatable bonds is 5. The fraction of sp³-hybridized carbons (Fsp3) is 0.350. The fourth-order valence-corrected chi connectivity index (χ4v) is 3.33. The summed E-state index contributed by atoms with van der Waals surface area (Å²) in [5, 5.41) is 8.16. The van der Waals surface area contributed by atoms with E-state index in [1.54, 1.807) is 6.20 Å². The van der Waals surface area contributed by atoms with Crippen LogP contribution in [0.5, 0.6) is 0 Å². The molecular weight excluding hydrogens is 328 g/mol. The summed E-state index contributed by atoms with van der Waals surface area (Å²) < 4.78 is 7.42. The first-order chi connectivity index (χ1) is 12.8. The molecule has 2 aromatic heterocycles. The van der Waals surface area contributed by atoms with Crippen molar-refractivity contribution in [2.75, 3.05) is 13.2 Å². The number of ether oxygens (including phenoxy) is 1. The lowest BCUT2D eigenvalue weighted by atomic mass is 10.1. The van der Waals surface area contributed by atoms with Gasteiger partial charge >= 0.3 is 0 Å². The summed E-state index contributed by atoms with van der Waals surface area (Å²) in [6.45, 7) is 4.03. The summed E-state index contributed by atoms with van der Waals surface area (Å²) >= 11 is 0. The number of fused-ring (bicyclic) bond motifs is 1. The van der Waals surface area contributed by atoms with E-state index in [1.165, 1.54) is 0 Å². The number of benzene rings is 1. The molecule has 0 radical (unpaired) electrons. The van der Waals surface area contributed by atoms with Crippen molar-refractivity contribution in [1.29, 1.82) is 0 Å². The highest BCUT2D eigenvalue weighted by atomic mass is 16.5. The Morgan fingerprint density at radius 2 is 2.19 bits per heavy atom.